The molecular formula is C17H20N2O3S. The first kappa shape index (κ1) is 16.0. The number of likely N-dealkylation sites (tertiary alicyclic amines) is 1. The van der Waals surface area contributed by atoms with Crippen LogP contribution in [0.2, 0.25) is 0 Å². The summed E-state index contributed by atoms with van der Waals surface area (Å²) in [5, 5.41) is 1.90. The molecule has 1 amide bonds. The molecule has 0 radical (unpaired) electrons. The summed E-state index contributed by atoms with van der Waals surface area (Å²) in [6, 6.07) is 12.6. The van der Waals surface area contributed by atoms with Gasteiger partial charge in [-0.05, 0) is 35.7 Å². The molecule has 5 nitrogen and oxygen atoms in total. The largest absolute Gasteiger partial charge is 0.346 e. The summed E-state index contributed by atoms with van der Waals surface area (Å²) in [5.74, 6) is 0.0670. The molecular weight excluding hydrogens is 312 g/mol. The molecule has 0 aliphatic carbocycles. The van der Waals surface area contributed by atoms with Gasteiger partial charge in [0.05, 0.1) is 4.90 Å². The van der Waals surface area contributed by atoms with Crippen LogP contribution in [0.15, 0.2) is 47.4 Å². The summed E-state index contributed by atoms with van der Waals surface area (Å²) in [5.41, 5.74) is 0. The second-order valence-corrected chi connectivity index (χ2v) is 7.68. The molecule has 2 aromatic carbocycles. The Hall–Kier alpha value is -1.92. The third-order valence-electron chi connectivity index (χ3n) is 4.30. The first-order valence-corrected chi connectivity index (χ1v) is 9.19. The summed E-state index contributed by atoms with van der Waals surface area (Å²) in [7, 11) is -1.83. The maximum absolute atomic E-state index is 12.6. The quantitative estimate of drug-likeness (QED) is 0.936. The number of carbonyl (C=O) groups is 1. The zero-order chi connectivity index (χ0) is 16.4. The Morgan fingerprint density at radius 3 is 2.61 bits per heavy atom. The van der Waals surface area contributed by atoms with Gasteiger partial charge in [-0.15, -0.1) is 0 Å². The smallest absolute Gasteiger partial charge is 0.240 e. The van der Waals surface area contributed by atoms with E-state index in [-0.39, 0.29) is 16.8 Å². The first-order valence-electron chi connectivity index (χ1n) is 7.71. The first-order chi connectivity index (χ1) is 11.0. The predicted molar refractivity (Wildman–Crippen MR) is 89.5 cm³/mol. The Morgan fingerprint density at radius 1 is 1.09 bits per heavy atom. The molecule has 1 N–H and O–H groups in total. The van der Waals surface area contributed by atoms with Gasteiger partial charge in [-0.2, -0.15) is 0 Å². The van der Waals surface area contributed by atoms with Crippen LogP contribution in [0.5, 0.6) is 0 Å². The van der Waals surface area contributed by atoms with E-state index in [0.717, 1.165) is 10.8 Å². The number of nitrogens with zero attached hydrogens (tertiary/aromatic N) is 1. The van der Waals surface area contributed by atoms with Crippen molar-refractivity contribution in [3.05, 3.63) is 42.5 Å². The zero-order valence-corrected chi connectivity index (χ0v) is 13.8. The normalized spacial score (nSPS) is 19.8. The van der Waals surface area contributed by atoms with Crippen LogP contribution in [-0.4, -0.2) is 38.9 Å². The molecule has 23 heavy (non-hydrogen) atoms. The molecule has 0 bridgehead atoms. The Bertz CT molecular complexity index is 833. The number of fused-ring (bicyclic) bond motifs is 1. The van der Waals surface area contributed by atoms with Crippen LogP contribution in [0.1, 0.15) is 19.3 Å². The molecule has 1 unspecified atom stereocenters. The molecule has 1 atom stereocenters. The molecule has 0 aromatic heterocycles. The minimum atomic E-state index is -3.58. The summed E-state index contributed by atoms with van der Waals surface area (Å²) >= 11 is 0. The van der Waals surface area contributed by atoms with Crippen LogP contribution < -0.4 is 4.72 Å². The average molecular weight is 332 g/mol. The van der Waals surface area contributed by atoms with E-state index in [4.69, 9.17) is 0 Å². The van der Waals surface area contributed by atoms with Gasteiger partial charge < -0.3 is 4.90 Å². The number of rotatable bonds is 3. The molecule has 2 aromatic rings. The number of nitrogens with one attached hydrogen (secondary N) is 1. The Balaban J connectivity index is 1.81. The molecule has 3 rings (SSSR count). The highest BCUT2D eigenvalue weighted by atomic mass is 32.2. The lowest BCUT2D eigenvalue weighted by Gasteiger charge is -2.17. The van der Waals surface area contributed by atoms with E-state index in [2.05, 4.69) is 4.72 Å². The Kier molecular flexibility index (Phi) is 4.37. The summed E-state index contributed by atoms with van der Waals surface area (Å²) in [4.78, 5) is 13.6. The van der Waals surface area contributed by atoms with Gasteiger partial charge in [0.1, 0.15) is 0 Å². The summed E-state index contributed by atoms with van der Waals surface area (Å²) in [6.07, 6.45) is 1.55. The van der Waals surface area contributed by atoms with E-state index in [1.54, 1.807) is 24.1 Å². The van der Waals surface area contributed by atoms with Crippen molar-refractivity contribution in [1.29, 1.82) is 0 Å². The fraction of sp³-hybridized carbons (Fsp3) is 0.353. The highest BCUT2D eigenvalue weighted by molar-refractivity contribution is 7.89. The lowest BCUT2D eigenvalue weighted by atomic mass is 10.1. The summed E-state index contributed by atoms with van der Waals surface area (Å²) < 4.78 is 28.0. The molecule has 6 heteroatoms. The van der Waals surface area contributed by atoms with Crippen molar-refractivity contribution in [2.75, 3.05) is 13.6 Å². The lowest BCUT2D eigenvalue weighted by molar-refractivity contribution is -0.129. The molecule has 1 fully saturated rings. The van der Waals surface area contributed by atoms with Crippen molar-refractivity contribution in [2.24, 2.45) is 0 Å². The van der Waals surface area contributed by atoms with Gasteiger partial charge in [0.2, 0.25) is 15.9 Å². The fourth-order valence-corrected chi connectivity index (χ4v) is 4.19. The van der Waals surface area contributed by atoms with Crippen LogP contribution in [-0.2, 0) is 14.8 Å². The highest BCUT2D eigenvalue weighted by Crippen LogP contribution is 2.20. The third kappa shape index (κ3) is 3.54. The molecule has 0 spiro atoms. The van der Waals surface area contributed by atoms with E-state index in [1.165, 1.54) is 0 Å². The van der Waals surface area contributed by atoms with Crippen LogP contribution in [0.25, 0.3) is 10.8 Å². The van der Waals surface area contributed by atoms with Crippen molar-refractivity contribution in [1.82, 2.24) is 9.62 Å². The monoisotopic (exact) mass is 332 g/mol. The van der Waals surface area contributed by atoms with Crippen LogP contribution in [0.3, 0.4) is 0 Å². The van der Waals surface area contributed by atoms with Crippen molar-refractivity contribution in [3.8, 4) is 0 Å². The number of benzene rings is 2. The molecule has 122 valence electrons. The number of carbonyl (C=O) groups excluding carboxylic acids is 1. The maximum atomic E-state index is 12.6. The van der Waals surface area contributed by atoms with Gasteiger partial charge in [0, 0.05) is 26.1 Å². The maximum Gasteiger partial charge on any atom is 0.240 e. The van der Waals surface area contributed by atoms with Gasteiger partial charge in [-0.1, -0.05) is 30.3 Å². The number of hydrogen-bond donors (Lipinski definition) is 1. The van der Waals surface area contributed by atoms with Crippen LogP contribution in [0, 0.1) is 0 Å². The van der Waals surface area contributed by atoms with Crippen LogP contribution in [0.4, 0.5) is 0 Å². The zero-order valence-electron chi connectivity index (χ0n) is 13.0. The number of sulfonamides is 1. The summed E-state index contributed by atoms with van der Waals surface area (Å²) in [6.45, 7) is 0.573. The van der Waals surface area contributed by atoms with E-state index >= 15 is 0 Å². The second-order valence-electron chi connectivity index (χ2n) is 5.97. The van der Waals surface area contributed by atoms with E-state index in [1.807, 2.05) is 30.3 Å². The Labute approximate surface area is 136 Å². The van der Waals surface area contributed by atoms with Gasteiger partial charge in [0.15, 0.2) is 0 Å². The van der Waals surface area contributed by atoms with Gasteiger partial charge in [0.25, 0.3) is 0 Å². The number of amides is 1. The molecule has 1 aliphatic rings. The topological polar surface area (TPSA) is 66.5 Å². The van der Waals surface area contributed by atoms with Crippen molar-refractivity contribution in [2.45, 2.75) is 30.2 Å². The van der Waals surface area contributed by atoms with E-state index in [0.29, 0.717) is 25.8 Å². The Morgan fingerprint density at radius 2 is 1.83 bits per heavy atom. The highest BCUT2D eigenvalue weighted by Gasteiger charge is 2.24. The van der Waals surface area contributed by atoms with Crippen molar-refractivity contribution >= 4 is 26.7 Å². The van der Waals surface area contributed by atoms with E-state index in [9.17, 15) is 13.2 Å². The SMILES string of the molecule is CN1CCC(NS(=O)(=O)c2ccc3ccccc3c2)CCC1=O. The molecule has 1 aliphatic heterocycles. The lowest BCUT2D eigenvalue weighted by Crippen LogP contribution is -2.35. The predicted octanol–water partition coefficient (Wildman–Crippen LogP) is 2.13. The molecule has 1 saturated heterocycles. The van der Waals surface area contributed by atoms with Gasteiger partial charge in [-0.3, -0.25) is 4.79 Å². The third-order valence-corrected chi connectivity index (χ3v) is 5.82. The fourth-order valence-electron chi connectivity index (χ4n) is 2.85. The van der Waals surface area contributed by atoms with Gasteiger partial charge in [-0.25, -0.2) is 13.1 Å². The van der Waals surface area contributed by atoms with Crippen molar-refractivity contribution in [3.63, 3.8) is 0 Å². The average Bonchev–Trinajstić information content (AvgIpc) is 2.70. The van der Waals surface area contributed by atoms with E-state index < -0.39 is 10.0 Å². The molecule has 0 saturated carbocycles. The minimum absolute atomic E-state index is 0.0670. The molecule has 1 heterocycles. The van der Waals surface area contributed by atoms with Crippen LogP contribution >= 0.6 is 0 Å². The number of hydrogen-bond acceptors (Lipinski definition) is 3. The minimum Gasteiger partial charge on any atom is -0.346 e. The standard InChI is InChI=1S/C17H20N2O3S/c1-19-11-10-15(7-9-17(19)20)18-23(21,22)16-8-6-13-4-2-3-5-14(13)12-16/h2-6,8,12,15,18H,7,9-11H2,1H3. The van der Waals surface area contributed by atoms with Crippen molar-refractivity contribution < 1.29 is 13.2 Å². The van der Waals surface area contributed by atoms with Gasteiger partial charge >= 0.3 is 0 Å². The second kappa shape index (κ2) is 6.29.